The van der Waals surface area contributed by atoms with Crippen LogP contribution in [0.5, 0.6) is 5.75 Å². The molecule has 0 bridgehead atoms. The van der Waals surface area contributed by atoms with E-state index in [2.05, 4.69) is 0 Å². The van der Waals surface area contributed by atoms with Gasteiger partial charge in [-0.05, 0) is 45.4 Å². The van der Waals surface area contributed by atoms with Gasteiger partial charge in [-0.1, -0.05) is 12.1 Å². The van der Waals surface area contributed by atoms with E-state index >= 15 is 0 Å². The molecule has 0 aliphatic rings. The van der Waals surface area contributed by atoms with Gasteiger partial charge in [0.2, 0.25) is 0 Å². The minimum Gasteiger partial charge on any atom is -0.491 e. The van der Waals surface area contributed by atoms with Crippen LogP contribution in [0.15, 0.2) is 24.3 Å². The summed E-state index contributed by atoms with van der Waals surface area (Å²) in [6, 6.07) is 7.81. The van der Waals surface area contributed by atoms with Gasteiger partial charge < -0.3 is 15.2 Å². The third-order valence-corrected chi connectivity index (χ3v) is 2.57. The molecule has 2 unspecified atom stereocenters. The van der Waals surface area contributed by atoms with Gasteiger partial charge in [-0.25, -0.2) is 0 Å². The van der Waals surface area contributed by atoms with E-state index in [1.807, 2.05) is 52.0 Å². The van der Waals surface area contributed by atoms with Gasteiger partial charge in [0, 0.05) is 6.61 Å². The first-order chi connectivity index (χ1) is 8.04. The molecule has 1 rings (SSSR count). The zero-order valence-corrected chi connectivity index (χ0v) is 11.1. The van der Waals surface area contributed by atoms with Gasteiger partial charge >= 0.3 is 0 Å². The molecular weight excluding hydrogens is 214 g/mol. The maximum Gasteiger partial charge on any atom is 0.119 e. The molecule has 3 nitrogen and oxygen atoms in total. The summed E-state index contributed by atoms with van der Waals surface area (Å²) in [4.78, 5) is 0. The second kappa shape index (κ2) is 6.62. The van der Waals surface area contributed by atoms with E-state index in [0.717, 1.165) is 11.3 Å². The van der Waals surface area contributed by atoms with E-state index in [9.17, 15) is 0 Å². The molecule has 0 amide bonds. The van der Waals surface area contributed by atoms with E-state index in [0.29, 0.717) is 6.61 Å². The Hall–Kier alpha value is -1.06. The predicted molar refractivity (Wildman–Crippen MR) is 70.2 cm³/mol. The van der Waals surface area contributed by atoms with Crippen LogP contribution in [0.25, 0.3) is 0 Å². The fourth-order valence-electron chi connectivity index (χ4n) is 1.68. The van der Waals surface area contributed by atoms with Crippen molar-refractivity contribution in [1.29, 1.82) is 0 Å². The van der Waals surface area contributed by atoms with Crippen LogP contribution in [-0.2, 0) is 4.74 Å². The molecule has 1 aromatic rings. The number of nitrogens with two attached hydrogens (primary N) is 1. The van der Waals surface area contributed by atoms with Gasteiger partial charge in [-0.15, -0.1) is 0 Å². The lowest BCUT2D eigenvalue weighted by Crippen LogP contribution is -2.26. The van der Waals surface area contributed by atoms with E-state index in [-0.39, 0.29) is 18.2 Å². The SMILES string of the molecule is CCOC(C)C(N)c1ccc(OC(C)C)cc1. The molecule has 0 radical (unpaired) electrons. The summed E-state index contributed by atoms with van der Waals surface area (Å²) < 4.78 is 11.1. The lowest BCUT2D eigenvalue weighted by Gasteiger charge is -2.20. The third kappa shape index (κ3) is 4.36. The maximum absolute atomic E-state index is 6.11. The van der Waals surface area contributed by atoms with Crippen molar-refractivity contribution in [2.45, 2.75) is 45.9 Å². The molecule has 3 heteroatoms. The summed E-state index contributed by atoms with van der Waals surface area (Å²) in [7, 11) is 0. The Bertz CT molecular complexity index is 321. The van der Waals surface area contributed by atoms with Crippen molar-refractivity contribution >= 4 is 0 Å². The van der Waals surface area contributed by atoms with Crippen LogP contribution in [0, 0.1) is 0 Å². The molecule has 0 saturated carbocycles. The number of benzene rings is 1. The highest BCUT2D eigenvalue weighted by molar-refractivity contribution is 5.29. The fraction of sp³-hybridized carbons (Fsp3) is 0.571. The Balaban J connectivity index is 2.66. The molecule has 0 spiro atoms. The Morgan fingerprint density at radius 1 is 1.12 bits per heavy atom. The van der Waals surface area contributed by atoms with Crippen LogP contribution in [0.1, 0.15) is 39.3 Å². The highest BCUT2D eigenvalue weighted by Gasteiger charge is 2.14. The second-order valence-corrected chi connectivity index (χ2v) is 4.42. The van der Waals surface area contributed by atoms with E-state index in [4.69, 9.17) is 15.2 Å². The molecule has 2 atom stereocenters. The summed E-state index contributed by atoms with van der Waals surface area (Å²) >= 11 is 0. The van der Waals surface area contributed by atoms with Crippen molar-refractivity contribution in [1.82, 2.24) is 0 Å². The van der Waals surface area contributed by atoms with Crippen LogP contribution in [0.2, 0.25) is 0 Å². The Morgan fingerprint density at radius 3 is 2.18 bits per heavy atom. The fourth-order valence-corrected chi connectivity index (χ4v) is 1.68. The predicted octanol–water partition coefficient (Wildman–Crippen LogP) is 2.90. The highest BCUT2D eigenvalue weighted by atomic mass is 16.5. The molecule has 0 aromatic heterocycles. The average Bonchev–Trinajstić information content (AvgIpc) is 2.28. The molecule has 96 valence electrons. The van der Waals surface area contributed by atoms with Crippen LogP contribution >= 0.6 is 0 Å². The van der Waals surface area contributed by atoms with Crippen LogP contribution in [-0.4, -0.2) is 18.8 Å². The van der Waals surface area contributed by atoms with Gasteiger partial charge in [0.15, 0.2) is 0 Å². The van der Waals surface area contributed by atoms with Crippen molar-refractivity contribution in [3.05, 3.63) is 29.8 Å². The topological polar surface area (TPSA) is 44.5 Å². The summed E-state index contributed by atoms with van der Waals surface area (Å²) in [5.41, 5.74) is 7.18. The summed E-state index contributed by atoms with van der Waals surface area (Å²) in [5, 5.41) is 0. The minimum absolute atomic E-state index is 0.0249. The van der Waals surface area contributed by atoms with Crippen molar-refractivity contribution in [2.24, 2.45) is 5.73 Å². The largest absolute Gasteiger partial charge is 0.491 e. The van der Waals surface area contributed by atoms with Gasteiger partial charge in [-0.2, -0.15) is 0 Å². The normalized spacial score (nSPS) is 14.7. The second-order valence-electron chi connectivity index (χ2n) is 4.42. The lowest BCUT2D eigenvalue weighted by atomic mass is 10.0. The summed E-state index contributed by atoms with van der Waals surface area (Å²) in [6.07, 6.45) is 0.216. The maximum atomic E-state index is 6.11. The van der Waals surface area contributed by atoms with Gasteiger partial charge in [-0.3, -0.25) is 0 Å². The monoisotopic (exact) mass is 237 g/mol. The Kier molecular flexibility index (Phi) is 5.45. The number of hydrogen-bond acceptors (Lipinski definition) is 3. The smallest absolute Gasteiger partial charge is 0.119 e. The summed E-state index contributed by atoms with van der Waals surface area (Å²) in [5.74, 6) is 0.875. The van der Waals surface area contributed by atoms with Crippen LogP contribution < -0.4 is 10.5 Å². The van der Waals surface area contributed by atoms with Gasteiger partial charge in [0.05, 0.1) is 18.2 Å². The Morgan fingerprint density at radius 2 is 1.71 bits per heavy atom. The van der Waals surface area contributed by atoms with Crippen LogP contribution in [0.4, 0.5) is 0 Å². The standard InChI is InChI=1S/C14H23NO2/c1-5-16-11(4)14(15)12-6-8-13(9-7-12)17-10(2)3/h6-11,14H,5,15H2,1-4H3. The molecule has 0 aliphatic heterocycles. The summed E-state index contributed by atoms with van der Waals surface area (Å²) in [6.45, 7) is 8.67. The molecule has 1 aromatic carbocycles. The zero-order valence-electron chi connectivity index (χ0n) is 11.1. The first kappa shape index (κ1) is 14.0. The molecule has 17 heavy (non-hydrogen) atoms. The van der Waals surface area contributed by atoms with E-state index < -0.39 is 0 Å². The van der Waals surface area contributed by atoms with Crippen molar-refractivity contribution in [3.8, 4) is 5.75 Å². The first-order valence-corrected chi connectivity index (χ1v) is 6.18. The van der Waals surface area contributed by atoms with Crippen molar-refractivity contribution in [3.63, 3.8) is 0 Å². The van der Waals surface area contributed by atoms with Crippen LogP contribution in [0.3, 0.4) is 0 Å². The molecule has 0 fully saturated rings. The van der Waals surface area contributed by atoms with Gasteiger partial charge in [0.1, 0.15) is 5.75 Å². The highest BCUT2D eigenvalue weighted by Crippen LogP contribution is 2.20. The minimum atomic E-state index is -0.0944. The molecular formula is C14H23NO2. The first-order valence-electron chi connectivity index (χ1n) is 6.18. The average molecular weight is 237 g/mol. The van der Waals surface area contributed by atoms with Crippen molar-refractivity contribution < 1.29 is 9.47 Å². The van der Waals surface area contributed by atoms with Gasteiger partial charge in [0.25, 0.3) is 0 Å². The number of rotatable bonds is 6. The molecule has 0 heterocycles. The number of ether oxygens (including phenoxy) is 2. The van der Waals surface area contributed by atoms with E-state index in [1.165, 1.54) is 0 Å². The van der Waals surface area contributed by atoms with E-state index in [1.54, 1.807) is 0 Å². The van der Waals surface area contributed by atoms with Crippen molar-refractivity contribution in [2.75, 3.05) is 6.61 Å². The third-order valence-electron chi connectivity index (χ3n) is 2.57. The quantitative estimate of drug-likeness (QED) is 0.827. The lowest BCUT2D eigenvalue weighted by molar-refractivity contribution is 0.0574. The molecule has 2 N–H and O–H groups in total. The molecule has 0 aliphatic carbocycles. The zero-order chi connectivity index (χ0) is 12.8. The Labute approximate surface area is 104 Å². The number of hydrogen-bond donors (Lipinski definition) is 1. The molecule has 0 saturated heterocycles.